The van der Waals surface area contributed by atoms with Crippen LogP contribution in [0.2, 0.25) is 0 Å². The molecule has 4 aromatic rings. The van der Waals surface area contributed by atoms with Gasteiger partial charge in [0.1, 0.15) is 0 Å². The molecule has 4 aromatic carbocycles. The van der Waals surface area contributed by atoms with Gasteiger partial charge in [-0.05, 0) is 106 Å². The van der Waals surface area contributed by atoms with Crippen molar-refractivity contribution in [2.75, 3.05) is 4.90 Å². The van der Waals surface area contributed by atoms with Gasteiger partial charge < -0.3 is 4.90 Å². The van der Waals surface area contributed by atoms with Gasteiger partial charge in [0.25, 0.3) is 0 Å². The molecule has 0 aliphatic heterocycles. The molecule has 0 atom stereocenters. The van der Waals surface area contributed by atoms with Crippen LogP contribution in [0.5, 0.6) is 0 Å². The van der Waals surface area contributed by atoms with Crippen molar-refractivity contribution in [1.82, 2.24) is 0 Å². The number of unbranched alkanes of at least 4 members (excludes halogenated alkanes) is 14. The highest BCUT2D eigenvalue weighted by Crippen LogP contribution is 2.56. The summed E-state index contributed by atoms with van der Waals surface area (Å²) in [5, 5.41) is 0. The van der Waals surface area contributed by atoms with Gasteiger partial charge in [0.15, 0.2) is 0 Å². The largest absolute Gasteiger partial charge is 0.310 e. The third-order valence-corrected chi connectivity index (χ3v) is 11.2. The van der Waals surface area contributed by atoms with Crippen LogP contribution >= 0.6 is 22.6 Å². The zero-order valence-corrected chi connectivity index (χ0v) is 31.4. The Morgan fingerprint density at radius 1 is 0.447 bits per heavy atom. The highest BCUT2D eigenvalue weighted by atomic mass is 127. The Balaban J connectivity index is 1.47. The molecule has 1 aliphatic rings. The first kappa shape index (κ1) is 35.7. The third kappa shape index (κ3) is 9.31. The molecular formula is C45H58IN. The van der Waals surface area contributed by atoms with Crippen molar-refractivity contribution in [2.24, 2.45) is 0 Å². The van der Waals surface area contributed by atoms with E-state index in [2.05, 4.69) is 138 Å². The van der Waals surface area contributed by atoms with Gasteiger partial charge in [0.2, 0.25) is 0 Å². The first-order valence-corrected chi connectivity index (χ1v) is 20.1. The average Bonchev–Trinajstić information content (AvgIpc) is 3.36. The molecule has 0 heterocycles. The minimum absolute atomic E-state index is 0.0747. The van der Waals surface area contributed by atoms with Crippen molar-refractivity contribution in [3.05, 3.63) is 112 Å². The summed E-state index contributed by atoms with van der Waals surface area (Å²) >= 11 is 2.55. The second-order valence-electron chi connectivity index (χ2n) is 14.0. The van der Waals surface area contributed by atoms with E-state index >= 15 is 0 Å². The first-order valence-electron chi connectivity index (χ1n) is 19.0. The standard InChI is InChI=1S/C45H58IN/c1-3-5-7-9-11-13-15-23-33-45(34-24-16-14-12-10-8-6-4-2)43-35-37(46)29-31-41(43)42-32-30-40(36-44(42)45)47(38-25-19-17-20-26-38)39-27-21-18-22-28-39/h17-22,25-32,35-36H,3-16,23-24,33-34H2,1-2H3. The van der Waals surface area contributed by atoms with E-state index in [0.29, 0.717) is 0 Å². The number of fused-ring (bicyclic) bond motifs is 3. The quantitative estimate of drug-likeness (QED) is 0.0608. The van der Waals surface area contributed by atoms with Crippen LogP contribution in [-0.2, 0) is 5.41 Å². The topological polar surface area (TPSA) is 3.24 Å². The summed E-state index contributed by atoms with van der Waals surface area (Å²) in [5.41, 5.74) is 9.84. The minimum atomic E-state index is 0.0747. The van der Waals surface area contributed by atoms with E-state index in [0.717, 1.165) is 0 Å². The molecule has 5 rings (SSSR count). The molecule has 0 saturated heterocycles. The first-order chi connectivity index (χ1) is 23.2. The number of benzene rings is 4. The highest BCUT2D eigenvalue weighted by Gasteiger charge is 2.42. The van der Waals surface area contributed by atoms with Gasteiger partial charge in [-0.15, -0.1) is 0 Å². The van der Waals surface area contributed by atoms with Crippen LogP contribution in [0.25, 0.3) is 11.1 Å². The minimum Gasteiger partial charge on any atom is -0.310 e. The van der Waals surface area contributed by atoms with Crippen LogP contribution in [0, 0.1) is 3.57 Å². The van der Waals surface area contributed by atoms with Crippen molar-refractivity contribution in [3.8, 4) is 11.1 Å². The Bertz CT molecular complexity index is 1420. The van der Waals surface area contributed by atoms with Crippen LogP contribution < -0.4 is 4.90 Å². The van der Waals surface area contributed by atoms with Crippen molar-refractivity contribution >= 4 is 39.7 Å². The van der Waals surface area contributed by atoms with E-state index in [4.69, 9.17) is 0 Å². The van der Waals surface area contributed by atoms with Crippen molar-refractivity contribution in [1.29, 1.82) is 0 Å². The zero-order valence-electron chi connectivity index (χ0n) is 29.3. The third-order valence-electron chi connectivity index (χ3n) is 10.5. The SMILES string of the molecule is CCCCCCCCCCC1(CCCCCCCCCC)c2cc(I)ccc2-c2ccc(N(c3ccccc3)c3ccccc3)cc21. The monoisotopic (exact) mass is 739 g/mol. The molecule has 0 spiro atoms. The van der Waals surface area contributed by atoms with Gasteiger partial charge in [0.05, 0.1) is 0 Å². The highest BCUT2D eigenvalue weighted by molar-refractivity contribution is 14.1. The van der Waals surface area contributed by atoms with Gasteiger partial charge in [-0.2, -0.15) is 0 Å². The number of rotatable bonds is 21. The number of hydrogen-bond donors (Lipinski definition) is 0. The van der Waals surface area contributed by atoms with E-state index in [-0.39, 0.29) is 5.41 Å². The van der Waals surface area contributed by atoms with E-state index in [1.807, 2.05) is 0 Å². The second kappa shape index (κ2) is 18.8. The maximum absolute atomic E-state index is 2.58. The summed E-state index contributed by atoms with van der Waals surface area (Å²) in [6.45, 7) is 4.63. The predicted molar refractivity (Wildman–Crippen MR) is 215 cm³/mol. The summed E-state index contributed by atoms with van der Waals surface area (Å²) in [6.07, 6.45) is 24.4. The summed E-state index contributed by atoms with van der Waals surface area (Å²) in [7, 11) is 0. The van der Waals surface area contributed by atoms with E-state index in [9.17, 15) is 0 Å². The molecule has 0 bridgehead atoms. The van der Waals surface area contributed by atoms with Gasteiger partial charge in [-0.3, -0.25) is 0 Å². The normalized spacial score (nSPS) is 13.0. The number of para-hydroxylation sites is 2. The van der Waals surface area contributed by atoms with E-state index < -0.39 is 0 Å². The lowest BCUT2D eigenvalue weighted by molar-refractivity contribution is 0.397. The Morgan fingerprint density at radius 3 is 1.36 bits per heavy atom. The summed E-state index contributed by atoms with van der Waals surface area (Å²) in [5.74, 6) is 0. The Kier molecular flexibility index (Phi) is 14.3. The maximum atomic E-state index is 2.58. The van der Waals surface area contributed by atoms with Crippen molar-refractivity contribution in [3.63, 3.8) is 0 Å². The maximum Gasteiger partial charge on any atom is 0.0465 e. The van der Waals surface area contributed by atoms with Gasteiger partial charge >= 0.3 is 0 Å². The molecule has 0 radical (unpaired) electrons. The molecular weight excluding hydrogens is 681 g/mol. The van der Waals surface area contributed by atoms with Gasteiger partial charge in [-0.25, -0.2) is 0 Å². The fourth-order valence-corrected chi connectivity index (χ4v) is 8.47. The lowest BCUT2D eigenvalue weighted by atomic mass is 9.70. The molecule has 1 aliphatic carbocycles. The lowest BCUT2D eigenvalue weighted by Crippen LogP contribution is -2.26. The summed E-state index contributed by atoms with van der Waals surface area (Å²) in [4.78, 5) is 2.45. The molecule has 0 saturated carbocycles. The van der Waals surface area contributed by atoms with Crippen LogP contribution in [-0.4, -0.2) is 0 Å². The zero-order chi connectivity index (χ0) is 32.7. The molecule has 2 heteroatoms. The molecule has 250 valence electrons. The fraction of sp³-hybridized carbons (Fsp3) is 0.467. The van der Waals surface area contributed by atoms with Crippen LogP contribution in [0.3, 0.4) is 0 Å². The molecule has 0 fully saturated rings. The lowest BCUT2D eigenvalue weighted by Gasteiger charge is -2.34. The summed E-state index contributed by atoms with van der Waals surface area (Å²) < 4.78 is 1.36. The number of halogens is 1. The molecule has 47 heavy (non-hydrogen) atoms. The van der Waals surface area contributed by atoms with Crippen LogP contribution in [0.4, 0.5) is 17.1 Å². The molecule has 0 N–H and O–H groups in total. The van der Waals surface area contributed by atoms with Crippen LogP contribution in [0.1, 0.15) is 141 Å². The Labute approximate surface area is 300 Å². The number of hydrogen-bond acceptors (Lipinski definition) is 1. The summed E-state index contributed by atoms with van der Waals surface area (Å²) in [6, 6.07) is 36.5. The molecule has 0 unspecified atom stereocenters. The van der Waals surface area contributed by atoms with Gasteiger partial charge in [0, 0.05) is 26.0 Å². The Morgan fingerprint density at radius 2 is 0.872 bits per heavy atom. The van der Waals surface area contributed by atoms with Gasteiger partial charge in [-0.1, -0.05) is 165 Å². The number of anilines is 3. The van der Waals surface area contributed by atoms with E-state index in [1.165, 1.54) is 147 Å². The number of nitrogens with zero attached hydrogens (tertiary/aromatic N) is 1. The fourth-order valence-electron chi connectivity index (χ4n) is 7.98. The Hall–Kier alpha value is -2.59. The van der Waals surface area contributed by atoms with Crippen LogP contribution in [0.15, 0.2) is 97.1 Å². The smallest absolute Gasteiger partial charge is 0.0465 e. The van der Waals surface area contributed by atoms with E-state index in [1.54, 1.807) is 11.1 Å². The predicted octanol–water partition coefficient (Wildman–Crippen LogP) is 15.1. The molecule has 0 aromatic heterocycles. The molecule has 1 nitrogen and oxygen atoms in total. The molecule has 0 amide bonds. The van der Waals surface area contributed by atoms with Crippen molar-refractivity contribution in [2.45, 2.75) is 135 Å². The average molecular weight is 740 g/mol. The van der Waals surface area contributed by atoms with Crippen molar-refractivity contribution < 1.29 is 0 Å². The second-order valence-corrected chi connectivity index (χ2v) is 15.2.